The average molecular weight is 667 g/mol. The van der Waals surface area contributed by atoms with E-state index >= 15 is 0 Å². The highest BCUT2D eigenvalue weighted by Crippen LogP contribution is 2.34. The largest absolute Gasteiger partial charge is 0.394 e. The standard InChI is InChI=1S/C24H42O21/c25-1-5-10(30)14(34)18(21(38)39-5)43-23-20(16(36)12(32)7(3-27)41-23)45-24-19(15(35)11(31)8(4-28)42-24)44-22-17(37)13(33)9(29)6(2-26)40-22/h5-38H,1-4H2/t5-,6-,7-,8-,9-,10-,11-,12-,13+,14+,15+,16+,17+,18+,19+,20+,21?,22+,23+,24+/m1/s1. The fourth-order valence-corrected chi connectivity index (χ4v) is 5.48. The lowest BCUT2D eigenvalue weighted by molar-refractivity contribution is -0.405. The van der Waals surface area contributed by atoms with Gasteiger partial charge in [-0.25, -0.2) is 0 Å². The van der Waals surface area contributed by atoms with E-state index in [1.54, 1.807) is 0 Å². The minimum absolute atomic E-state index is 0.791. The number of rotatable bonds is 10. The van der Waals surface area contributed by atoms with Crippen molar-refractivity contribution >= 4 is 0 Å². The van der Waals surface area contributed by atoms with Crippen molar-refractivity contribution in [2.75, 3.05) is 26.4 Å². The van der Waals surface area contributed by atoms with Crippen molar-refractivity contribution in [2.45, 2.75) is 123 Å². The molecular formula is C24H42O21. The van der Waals surface area contributed by atoms with E-state index in [1.807, 2.05) is 0 Å². The molecule has 21 heteroatoms. The molecule has 0 aromatic heterocycles. The molecule has 0 aliphatic carbocycles. The van der Waals surface area contributed by atoms with Crippen LogP contribution in [0.2, 0.25) is 0 Å². The molecule has 4 heterocycles. The summed E-state index contributed by atoms with van der Waals surface area (Å²) in [7, 11) is 0. The van der Waals surface area contributed by atoms with Gasteiger partial charge in [-0.1, -0.05) is 0 Å². The first-order chi connectivity index (χ1) is 21.3. The minimum Gasteiger partial charge on any atom is -0.394 e. The lowest BCUT2D eigenvalue weighted by Gasteiger charge is -2.49. The highest BCUT2D eigenvalue weighted by molar-refractivity contribution is 4.97. The van der Waals surface area contributed by atoms with Gasteiger partial charge >= 0.3 is 0 Å². The average Bonchev–Trinajstić information content (AvgIpc) is 3.03. The normalized spacial score (nSPS) is 52.9. The van der Waals surface area contributed by atoms with E-state index in [9.17, 15) is 71.5 Å². The Labute approximate surface area is 254 Å². The number of ether oxygens (including phenoxy) is 7. The summed E-state index contributed by atoms with van der Waals surface area (Å²) < 4.78 is 38.3. The maximum atomic E-state index is 11.0. The summed E-state index contributed by atoms with van der Waals surface area (Å²) in [5, 5.41) is 143. The Kier molecular flexibility index (Phi) is 12.8. The zero-order valence-corrected chi connectivity index (χ0v) is 23.5. The van der Waals surface area contributed by atoms with Crippen molar-refractivity contribution < 1.29 is 105 Å². The van der Waals surface area contributed by atoms with Crippen LogP contribution in [0.1, 0.15) is 0 Å². The maximum Gasteiger partial charge on any atom is 0.187 e. The van der Waals surface area contributed by atoms with Crippen LogP contribution in [0.3, 0.4) is 0 Å². The van der Waals surface area contributed by atoms with Crippen LogP contribution in [0.25, 0.3) is 0 Å². The molecule has 264 valence electrons. The third-order valence-corrected chi connectivity index (χ3v) is 8.21. The van der Waals surface area contributed by atoms with Crippen molar-refractivity contribution in [1.29, 1.82) is 0 Å². The molecule has 0 bridgehead atoms. The second kappa shape index (κ2) is 15.6. The Morgan fingerprint density at radius 2 is 0.644 bits per heavy atom. The van der Waals surface area contributed by atoms with Crippen LogP contribution in [0.5, 0.6) is 0 Å². The maximum absolute atomic E-state index is 11.0. The van der Waals surface area contributed by atoms with E-state index in [0.717, 1.165) is 0 Å². The lowest BCUT2D eigenvalue weighted by Crippen LogP contribution is -2.68. The summed E-state index contributed by atoms with van der Waals surface area (Å²) in [6.45, 7) is -3.41. The zero-order chi connectivity index (χ0) is 33.3. The smallest absolute Gasteiger partial charge is 0.187 e. The quantitative estimate of drug-likeness (QED) is 0.103. The zero-order valence-electron chi connectivity index (χ0n) is 23.5. The first kappa shape index (κ1) is 37.0. The summed E-state index contributed by atoms with van der Waals surface area (Å²) in [5.74, 6) is 0. The van der Waals surface area contributed by atoms with E-state index in [1.165, 1.54) is 0 Å². The molecule has 21 nitrogen and oxygen atoms in total. The molecule has 0 amide bonds. The number of aliphatic hydroxyl groups is 14. The molecule has 0 spiro atoms. The monoisotopic (exact) mass is 666 g/mol. The number of hydrogen-bond donors (Lipinski definition) is 14. The van der Waals surface area contributed by atoms with Crippen LogP contribution < -0.4 is 0 Å². The third kappa shape index (κ3) is 7.44. The van der Waals surface area contributed by atoms with Crippen molar-refractivity contribution in [1.82, 2.24) is 0 Å². The molecule has 4 aliphatic rings. The molecule has 45 heavy (non-hydrogen) atoms. The molecule has 14 N–H and O–H groups in total. The SMILES string of the molecule is OC[C@H]1O[C@@H](O[C@@H]2[C@H](O[C@@H]3[C@H](O[C@@H]4C(O)O[C@H](CO)[C@@H](O)[C@@H]4O)O[C@H](CO)[C@@H](O)[C@@H]3O)O[C@H](CO)[C@@H](O)[C@@H]2O)[C@@H](O)[C@@H](O)[C@@H]1O. The molecule has 20 atom stereocenters. The van der Waals surface area contributed by atoms with E-state index in [-0.39, 0.29) is 0 Å². The first-order valence-electron chi connectivity index (χ1n) is 14.1. The van der Waals surface area contributed by atoms with Crippen LogP contribution in [-0.4, -0.2) is 221 Å². The van der Waals surface area contributed by atoms with Crippen LogP contribution in [-0.2, 0) is 33.2 Å². The third-order valence-electron chi connectivity index (χ3n) is 8.21. The fraction of sp³-hybridized carbons (Fsp3) is 1.00. The minimum atomic E-state index is -2.03. The van der Waals surface area contributed by atoms with E-state index in [0.29, 0.717) is 0 Å². The number of hydrogen-bond acceptors (Lipinski definition) is 21. The van der Waals surface area contributed by atoms with Crippen molar-refractivity contribution in [3.05, 3.63) is 0 Å². The van der Waals surface area contributed by atoms with Crippen molar-refractivity contribution in [3.8, 4) is 0 Å². The summed E-state index contributed by atoms with van der Waals surface area (Å²) in [6, 6.07) is 0. The molecule has 4 rings (SSSR count). The molecule has 0 saturated carbocycles. The second-order valence-electron chi connectivity index (χ2n) is 11.1. The van der Waals surface area contributed by atoms with Gasteiger partial charge in [-0.05, 0) is 0 Å². The van der Waals surface area contributed by atoms with Gasteiger partial charge < -0.3 is 105 Å². The Morgan fingerprint density at radius 1 is 0.333 bits per heavy atom. The van der Waals surface area contributed by atoms with Gasteiger partial charge in [0, 0.05) is 0 Å². The molecule has 1 unspecified atom stereocenters. The van der Waals surface area contributed by atoms with Crippen molar-refractivity contribution in [3.63, 3.8) is 0 Å². The van der Waals surface area contributed by atoms with Crippen LogP contribution in [0, 0.1) is 0 Å². The molecule has 4 saturated heterocycles. The topological polar surface area (TPSA) is 348 Å². The van der Waals surface area contributed by atoms with Gasteiger partial charge in [0.1, 0.15) is 97.7 Å². The number of aliphatic hydroxyl groups excluding tert-OH is 14. The van der Waals surface area contributed by atoms with Gasteiger partial charge in [0.05, 0.1) is 26.4 Å². The molecule has 0 radical (unpaired) electrons. The summed E-state index contributed by atoms with van der Waals surface area (Å²) >= 11 is 0. The van der Waals surface area contributed by atoms with E-state index < -0.39 is 149 Å². The van der Waals surface area contributed by atoms with Gasteiger partial charge in [0.15, 0.2) is 25.2 Å². The summed E-state index contributed by atoms with van der Waals surface area (Å²) in [5.41, 5.74) is 0. The van der Waals surface area contributed by atoms with E-state index in [2.05, 4.69) is 0 Å². The van der Waals surface area contributed by atoms with Crippen molar-refractivity contribution in [2.24, 2.45) is 0 Å². The summed E-state index contributed by atoms with van der Waals surface area (Å²) in [6.07, 6.45) is -36.6. The Hall–Kier alpha value is -0.840. The Balaban J connectivity index is 1.61. The molecule has 0 aromatic rings. The predicted molar refractivity (Wildman–Crippen MR) is 134 cm³/mol. The van der Waals surface area contributed by atoms with E-state index in [4.69, 9.17) is 33.2 Å². The van der Waals surface area contributed by atoms with Gasteiger partial charge in [-0.3, -0.25) is 0 Å². The van der Waals surface area contributed by atoms with Crippen LogP contribution in [0.15, 0.2) is 0 Å². The predicted octanol–water partition coefficient (Wildman–Crippen LogP) is -9.75. The molecule has 4 fully saturated rings. The van der Waals surface area contributed by atoms with Gasteiger partial charge in [0.2, 0.25) is 0 Å². The van der Waals surface area contributed by atoms with Crippen LogP contribution in [0.4, 0.5) is 0 Å². The molecular weight excluding hydrogens is 624 g/mol. The molecule has 4 aliphatic heterocycles. The summed E-state index contributed by atoms with van der Waals surface area (Å²) in [4.78, 5) is 0. The lowest BCUT2D eigenvalue weighted by atomic mass is 9.96. The highest BCUT2D eigenvalue weighted by Gasteiger charge is 2.55. The fourth-order valence-electron chi connectivity index (χ4n) is 5.48. The van der Waals surface area contributed by atoms with Gasteiger partial charge in [0.25, 0.3) is 0 Å². The Bertz CT molecular complexity index is 916. The van der Waals surface area contributed by atoms with Crippen LogP contribution >= 0.6 is 0 Å². The first-order valence-corrected chi connectivity index (χ1v) is 14.1. The van der Waals surface area contributed by atoms with Gasteiger partial charge in [-0.15, -0.1) is 0 Å². The Morgan fingerprint density at radius 3 is 1.07 bits per heavy atom. The molecule has 0 aromatic carbocycles. The highest BCUT2D eigenvalue weighted by atomic mass is 16.8. The van der Waals surface area contributed by atoms with Gasteiger partial charge in [-0.2, -0.15) is 0 Å². The second-order valence-corrected chi connectivity index (χ2v) is 11.1.